The summed E-state index contributed by atoms with van der Waals surface area (Å²) in [6.45, 7) is 2.11. The molecule has 0 aliphatic carbocycles. The van der Waals surface area contributed by atoms with Gasteiger partial charge in [-0.3, -0.25) is 19.8 Å². The summed E-state index contributed by atoms with van der Waals surface area (Å²) >= 11 is 1.05. The number of nitro benzene ring substituents is 1. The van der Waals surface area contributed by atoms with E-state index >= 15 is 0 Å². The van der Waals surface area contributed by atoms with Gasteiger partial charge in [0.15, 0.2) is 16.7 Å². The minimum atomic E-state index is -0.618. The zero-order valence-corrected chi connectivity index (χ0v) is 16.3. The quantitative estimate of drug-likeness (QED) is 0.447. The number of amides is 1. The summed E-state index contributed by atoms with van der Waals surface area (Å²) in [7, 11) is 1.28. The van der Waals surface area contributed by atoms with Crippen LogP contribution in [0.15, 0.2) is 46.3 Å². The fourth-order valence-corrected chi connectivity index (χ4v) is 3.68. The molecule has 1 aliphatic heterocycles. The van der Waals surface area contributed by atoms with Gasteiger partial charge >= 0.3 is 0 Å². The first-order valence-corrected chi connectivity index (χ1v) is 9.26. The largest absolute Gasteiger partial charge is 0.504 e. The van der Waals surface area contributed by atoms with Crippen LogP contribution >= 0.6 is 11.8 Å². The zero-order valence-electron chi connectivity index (χ0n) is 15.5. The number of hydrogen-bond acceptors (Lipinski definition) is 7. The van der Waals surface area contributed by atoms with Gasteiger partial charge in [-0.05, 0) is 49.0 Å². The van der Waals surface area contributed by atoms with Crippen molar-refractivity contribution < 1.29 is 24.0 Å². The molecule has 0 saturated carbocycles. The molecule has 0 spiro atoms. The zero-order chi connectivity index (χ0) is 21.1. The molecule has 1 fully saturated rings. The van der Waals surface area contributed by atoms with Crippen molar-refractivity contribution in [2.45, 2.75) is 6.92 Å². The molecule has 150 valence electrons. The fourth-order valence-electron chi connectivity index (χ4n) is 2.62. The molecule has 0 unspecified atom stereocenters. The highest BCUT2D eigenvalue weighted by Gasteiger charge is 2.32. The minimum Gasteiger partial charge on any atom is -0.504 e. The number of phenols is 1. The van der Waals surface area contributed by atoms with Crippen molar-refractivity contribution in [2.75, 3.05) is 13.7 Å². The van der Waals surface area contributed by atoms with Gasteiger partial charge in [0.2, 0.25) is 0 Å². The summed E-state index contributed by atoms with van der Waals surface area (Å²) in [5, 5.41) is 21.8. The number of non-ortho nitro benzene ring substituents is 1. The summed E-state index contributed by atoms with van der Waals surface area (Å²) in [4.78, 5) is 29.3. The second kappa shape index (κ2) is 8.31. The molecule has 3 rings (SSSR count). The SMILES string of the molecule is CCN1C(=O)/C(=C\c2cc([N+](=O)[O-])cc(OC)c2O)SC1=Nc1ccc(F)cc1. The highest BCUT2D eigenvalue weighted by atomic mass is 32.2. The first-order chi connectivity index (χ1) is 13.8. The van der Waals surface area contributed by atoms with Crippen LogP contribution in [0.5, 0.6) is 11.5 Å². The number of phenolic OH excluding ortho intramolecular Hbond substituents is 1. The molecule has 29 heavy (non-hydrogen) atoms. The first kappa shape index (κ1) is 20.3. The van der Waals surface area contributed by atoms with E-state index in [1.807, 2.05) is 0 Å². The van der Waals surface area contributed by atoms with Crippen LogP contribution in [0.3, 0.4) is 0 Å². The van der Waals surface area contributed by atoms with E-state index in [0.717, 1.165) is 23.9 Å². The molecule has 2 aromatic carbocycles. The van der Waals surface area contributed by atoms with Crippen molar-refractivity contribution in [1.82, 2.24) is 4.90 Å². The molecule has 10 heteroatoms. The Hall–Kier alpha value is -3.40. The molecule has 1 heterocycles. The van der Waals surface area contributed by atoms with E-state index in [4.69, 9.17) is 4.74 Å². The predicted molar refractivity (Wildman–Crippen MR) is 108 cm³/mol. The minimum absolute atomic E-state index is 0.0750. The van der Waals surface area contributed by atoms with E-state index in [2.05, 4.69) is 4.99 Å². The van der Waals surface area contributed by atoms with E-state index in [1.54, 1.807) is 6.92 Å². The van der Waals surface area contributed by atoms with Gasteiger partial charge in [-0.2, -0.15) is 0 Å². The number of benzene rings is 2. The topological polar surface area (TPSA) is 105 Å². The van der Waals surface area contributed by atoms with Crippen LogP contribution in [0, 0.1) is 15.9 Å². The number of halogens is 1. The standard InChI is InChI=1S/C19H16FN3O5S/c1-3-22-18(25)16(29-19(22)21-13-6-4-12(20)5-7-13)9-11-8-14(23(26)27)10-15(28-2)17(11)24/h4-10,24H,3H2,1-2H3/b16-9+,21-19?. The predicted octanol–water partition coefficient (Wildman–Crippen LogP) is 4.07. The number of carbonyl (C=O) groups excluding carboxylic acids is 1. The Morgan fingerprint density at radius 1 is 1.34 bits per heavy atom. The lowest BCUT2D eigenvalue weighted by Gasteiger charge is -2.12. The highest BCUT2D eigenvalue weighted by molar-refractivity contribution is 8.18. The molecule has 1 aliphatic rings. The summed E-state index contributed by atoms with van der Waals surface area (Å²) in [6.07, 6.45) is 1.35. The number of aliphatic imine (C=N–C) groups is 1. The van der Waals surface area contributed by atoms with E-state index in [0.29, 0.717) is 17.4 Å². The Kier molecular flexibility index (Phi) is 5.83. The van der Waals surface area contributed by atoms with Gasteiger partial charge in [-0.1, -0.05) is 0 Å². The molecule has 0 atom stereocenters. The molecule has 1 saturated heterocycles. The Bertz CT molecular complexity index is 1040. The molecule has 0 aromatic heterocycles. The van der Waals surface area contributed by atoms with Gasteiger partial charge in [0, 0.05) is 18.2 Å². The summed E-state index contributed by atoms with van der Waals surface area (Å²) < 4.78 is 18.1. The lowest BCUT2D eigenvalue weighted by Crippen LogP contribution is -2.28. The molecule has 0 radical (unpaired) electrons. The maximum Gasteiger partial charge on any atom is 0.274 e. The van der Waals surface area contributed by atoms with Crippen LogP contribution < -0.4 is 4.74 Å². The molecular formula is C19H16FN3O5S. The van der Waals surface area contributed by atoms with Gasteiger partial charge in [0.1, 0.15) is 5.82 Å². The smallest absolute Gasteiger partial charge is 0.274 e. The molecule has 1 N–H and O–H groups in total. The van der Waals surface area contributed by atoms with Gasteiger partial charge in [-0.25, -0.2) is 9.38 Å². The highest BCUT2D eigenvalue weighted by Crippen LogP contribution is 2.39. The monoisotopic (exact) mass is 417 g/mol. The van der Waals surface area contributed by atoms with Gasteiger partial charge < -0.3 is 9.84 Å². The number of ether oxygens (including phenoxy) is 1. The van der Waals surface area contributed by atoms with E-state index in [9.17, 15) is 24.4 Å². The van der Waals surface area contributed by atoms with Crippen molar-refractivity contribution in [3.8, 4) is 11.5 Å². The number of amidine groups is 1. The average Bonchev–Trinajstić information content (AvgIpc) is 2.99. The summed E-state index contributed by atoms with van der Waals surface area (Å²) in [5.74, 6) is -1.14. The number of aromatic hydroxyl groups is 1. The summed E-state index contributed by atoms with van der Waals surface area (Å²) in [6, 6.07) is 7.76. The van der Waals surface area contributed by atoms with E-state index in [1.165, 1.54) is 42.4 Å². The van der Waals surface area contributed by atoms with Gasteiger partial charge in [-0.15, -0.1) is 0 Å². The first-order valence-electron chi connectivity index (χ1n) is 8.45. The normalized spacial score (nSPS) is 16.7. The number of carbonyl (C=O) groups is 1. The van der Waals surface area contributed by atoms with Crippen LogP contribution in [0.4, 0.5) is 15.8 Å². The number of nitro groups is 1. The maximum absolute atomic E-state index is 13.1. The third kappa shape index (κ3) is 4.21. The maximum atomic E-state index is 13.1. The van der Waals surface area contributed by atoms with Gasteiger partial charge in [0.25, 0.3) is 11.6 Å². The van der Waals surface area contributed by atoms with Crippen molar-refractivity contribution >= 4 is 40.3 Å². The van der Waals surface area contributed by atoms with Crippen LogP contribution in [-0.4, -0.2) is 39.7 Å². The summed E-state index contributed by atoms with van der Waals surface area (Å²) in [5.41, 5.74) is 0.266. The molecule has 8 nitrogen and oxygen atoms in total. The fraction of sp³-hybridized carbons (Fsp3) is 0.158. The van der Waals surface area contributed by atoms with Crippen LogP contribution in [0.1, 0.15) is 12.5 Å². The van der Waals surface area contributed by atoms with Crippen molar-refractivity contribution in [3.63, 3.8) is 0 Å². The van der Waals surface area contributed by atoms with Crippen molar-refractivity contribution in [1.29, 1.82) is 0 Å². The average molecular weight is 417 g/mol. The van der Waals surface area contributed by atoms with Crippen LogP contribution in [0.25, 0.3) is 6.08 Å². The van der Waals surface area contributed by atoms with Crippen molar-refractivity contribution in [2.24, 2.45) is 4.99 Å². The van der Waals surface area contributed by atoms with Crippen LogP contribution in [0.2, 0.25) is 0 Å². The molecule has 0 bridgehead atoms. The molecule has 1 amide bonds. The third-order valence-electron chi connectivity index (χ3n) is 4.06. The lowest BCUT2D eigenvalue weighted by molar-refractivity contribution is -0.385. The number of hydrogen-bond donors (Lipinski definition) is 1. The number of thioether (sulfide) groups is 1. The van der Waals surface area contributed by atoms with E-state index < -0.39 is 10.7 Å². The van der Waals surface area contributed by atoms with E-state index in [-0.39, 0.29) is 33.6 Å². The second-order valence-electron chi connectivity index (χ2n) is 5.87. The Morgan fingerprint density at radius 3 is 2.62 bits per heavy atom. The lowest BCUT2D eigenvalue weighted by atomic mass is 10.1. The second-order valence-corrected chi connectivity index (χ2v) is 6.88. The van der Waals surface area contributed by atoms with Gasteiger partial charge in [0.05, 0.1) is 28.7 Å². The number of methoxy groups -OCH3 is 1. The Balaban J connectivity index is 2.02. The molecular weight excluding hydrogens is 401 g/mol. The molecule has 2 aromatic rings. The number of nitrogens with zero attached hydrogens (tertiary/aromatic N) is 3. The number of rotatable bonds is 5. The Morgan fingerprint density at radius 2 is 2.03 bits per heavy atom. The van der Waals surface area contributed by atoms with Crippen LogP contribution in [-0.2, 0) is 4.79 Å². The van der Waals surface area contributed by atoms with Crippen molar-refractivity contribution in [3.05, 3.63) is 62.8 Å². The third-order valence-corrected chi connectivity index (χ3v) is 5.07. The Labute approximate surface area is 169 Å². The number of likely N-dealkylation sites (N-methyl/N-ethyl adjacent to an activating group) is 1.